The van der Waals surface area contributed by atoms with Crippen LogP contribution in [0.3, 0.4) is 0 Å². The highest BCUT2D eigenvalue weighted by atomic mass is 19.4. The average molecular weight is 420 g/mol. The maximum absolute atomic E-state index is 13.6. The normalized spacial score (nSPS) is 13.9. The first-order chi connectivity index (χ1) is 14.2. The standard InChI is InChI=1S/C20H15F3N2O5/c1-2-10-30-19(27)13-8-9-14-15(11-13)24(28)16(18(25(14)29)20(21,22)23)17(26)12-6-4-3-5-7-12/h3-9,11H,2,10H2,1H3/q+2. The van der Waals surface area contributed by atoms with Gasteiger partial charge in [0.15, 0.2) is 0 Å². The number of nitroso groups, excluding NO2 is 2. The summed E-state index contributed by atoms with van der Waals surface area (Å²) in [6, 6.07) is 9.71. The summed E-state index contributed by atoms with van der Waals surface area (Å²) in [5.41, 5.74) is -4.86. The number of hydrogen-bond donors (Lipinski definition) is 0. The Morgan fingerprint density at radius 2 is 1.60 bits per heavy atom. The summed E-state index contributed by atoms with van der Waals surface area (Å²) in [5, 5.41) is 0. The molecule has 0 aromatic heterocycles. The van der Waals surface area contributed by atoms with Crippen LogP contribution in [0.25, 0.3) is 0 Å². The number of ether oxygens (including phenoxy) is 1. The van der Waals surface area contributed by atoms with Crippen molar-refractivity contribution in [1.29, 1.82) is 0 Å². The number of benzene rings is 2. The second-order valence-electron chi connectivity index (χ2n) is 6.32. The van der Waals surface area contributed by atoms with Crippen molar-refractivity contribution < 1.29 is 37.0 Å². The second-order valence-corrected chi connectivity index (χ2v) is 6.32. The molecule has 0 N–H and O–H groups in total. The van der Waals surface area contributed by atoms with Crippen molar-refractivity contribution in [3.05, 3.63) is 80.9 Å². The summed E-state index contributed by atoms with van der Waals surface area (Å²) in [6.07, 6.45) is -4.74. The highest BCUT2D eigenvalue weighted by Crippen LogP contribution is 2.43. The van der Waals surface area contributed by atoms with Gasteiger partial charge in [0, 0.05) is 27.5 Å². The van der Waals surface area contributed by atoms with Crippen LogP contribution in [0.1, 0.15) is 34.1 Å². The molecule has 0 saturated carbocycles. The summed E-state index contributed by atoms with van der Waals surface area (Å²) >= 11 is 0. The van der Waals surface area contributed by atoms with Crippen molar-refractivity contribution in [2.75, 3.05) is 6.61 Å². The van der Waals surface area contributed by atoms with Crippen LogP contribution in [0, 0.1) is 9.81 Å². The van der Waals surface area contributed by atoms with E-state index in [0.717, 1.165) is 18.2 Å². The first-order valence-corrected chi connectivity index (χ1v) is 8.83. The predicted molar refractivity (Wildman–Crippen MR) is 97.4 cm³/mol. The van der Waals surface area contributed by atoms with Gasteiger partial charge < -0.3 is 4.74 Å². The number of carbonyl (C=O) groups excluding carboxylic acids is 2. The Kier molecular flexibility index (Phi) is 5.59. The third-order valence-corrected chi connectivity index (χ3v) is 4.24. The van der Waals surface area contributed by atoms with Crippen LogP contribution in [0.2, 0.25) is 0 Å². The maximum Gasteiger partial charge on any atom is 0.490 e. The fraction of sp³-hybridized carbons (Fsp3) is 0.200. The first kappa shape index (κ1) is 21.0. The SMILES string of the molecule is CCCOC(=O)c1ccc2c(c1)[N+](=O)C(C(=O)c1ccccc1)=C(C(F)(F)F)[N+]2=O. The van der Waals surface area contributed by atoms with Crippen molar-refractivity contribution in [1.82, 2.24) is 0 Å². The topological polar surface area (TPSA) is 83.5 Å². The minimum atomic E-state index is -5.28. The molecular formula is C20H15F3N2O5+2. The number of ketones is 1. The lowest BCUT2D eigenvalue weighted by molar-refractivity contribution is -0.504. The molecule has 3 rings (SSSR count). The van der Waals surface area contributed by atoms with Crippen LogP contribution >= 0.6 is 0 Å². The van der Waals surface area contributed by atoms with Gasteiger partial charge in [-0.05, 0) is 12.5 Å². The Morgan fingerprint density at radius 3 is 2.20 bits per heavy atom. The van der Waals surface area contributed by atoms with Crippen molar-refractivity contribution in [3.63, 3.8) is 0 Å². The van der Waals surface area contributed by atoms with E-state index in [9.17, 15) is 32.6 Å². The molecule has 2 aromatic rings. The molecule has 2 aromatic carbocycles. The summed E-state index contributed by atoms with van der Waals surface area (Å²) in [7, 11) is 0. The molecular weight excluding hydrogens is 405 g/mol. The van der Waals surface area contributed by atoms with E-state index in [1.165, 1.54) is 30.3 Å². The number of Topliss-reactive ketones (excluding diaryl/α,β-unsaturated/α-hetero) is 1. The van der Waals surface area contributed by atoms with Crippen LogP contribution in [0.5, 0.6) is 0 Å². The number of nitrogens with zero attached hydrogens (tertiary/aromatic N) is 2. The number of hydrogen-bond acceptors (Lipinski definition) is 5. The van der Waals surface area contributed by atoms with Gasteiger partial charge in [0.2, 0.25) is 0 Å². The molecule has 0 fully saturated rings. The number of esters is 1. The fourth-order valence-corrected chi connectivity index (χ4v) is 2.87. The zero-order valence-electron chi connectivity index (χ0n) is 15.6. The van der Waals surface area contributed by atoms with E-state index in [1.54, 1.807) is 6.92 Å². The van der Waals surface area contributed by atoms with Gasteiger partial charge in [-0.2, -0.15) is 13.2 Å². The van der Waals surface area contributed by atoms with Crippen molar-refractivity contribution in [3.8, 4) is 0 Å². The van der Waals surface area contributed by atoms with Gasteiger partial charge in [-0.25, -0.2) is 4.79 Å². The number of allylic oxidation sites excluding steroid dienone is 2. The van der Waals surface area contributed by atoms with Gasteiger partial charge in [-0.15, -0.1) is 0 Å². The molecule has 0 unspecified atom stereocenters. The Morgan fingerprint density at radius 1 is 0.933 bits per heavy atom. The third-order valence-electron chi connectivity index (χ3n) is 4.24. The van der Waals surface area contributed by atoms with Crippen molar-refractivity contribution in [2.45, 2.75) is 19.5 Å². The molecule has 0 saturated heterocycles. The number of halogens is 3. The van der Waals surface area contributed by atoms with E-state index < -0.39 is 45.5 Å². The van der Waals surface area contributed by atoms with Crippen molar-refractivity contribution >= 4 is 23.1 Å². The summed E-state index contributed by atoms with van der Waals surface area (Å²) in [5.74, 6) is -2.09. The van der Waals surface area contributed by atoms with Crippen LogP contribution in [-0.2, 0) is 4.74 Å². The van der Waals surface area contributed by atoms with Crippen LogP contribution < -0.4 is 0 Å². The van der Waals surface area contributed by atoms with Gasteiger partial charge in [0.05, 0.1) is 21.7 Å². The lowest BCUT2D eigenvalue weighted by atomic mass is 10.0. The maximum atomic E-state index is 13.6. The quantitative estimate of drug-likeness (QED) is 0.396. The lowest BCUT2D eigenvalue weighted by Crippen LogP contribution is -2.31. The second kappa shape index (κ2) is 7.97. The van der Waals surface area contributed by atoms with Gasteiger partial charge in [0.25, 0.3) is 5.78 Å². The Hall–Kier alpha value is -3.69. The minimum absolute atomic E-state index is 0.0978. The molecule has 1 aliphatic heterocycles. The molecule has 7 nitrogen and oxygen atoms in total. The smallest absolute Gasteiger partial charge is 0.462 e. The molecule has 0 bridgehead atoms. The van der Waals surface area contributed by atoms with Crippen LogP contribution in [-0.4, -0.2) is 34.1 Å². The highest BCUT2D eigenvalue weighted by Gasteiger charge is 2.62. The van der Waals surface area contributed by atoms with Crippen LogP contribution in [0.4, 0.5) is 24.5 Å². The van der Waals surface area contributed by atoms with Gasteiger partial charge in [0.1, 0.15) is 0 Å². The molecule has 154 valence electrons. The van der Waals surface area contributed by atoms with E-state index in [0.29, 0.717) is 6.42 Å². The third kappa shape index (κ3) is 3.76. The monoisotopic (exact) mass is 420 g/mol. The highest BCUT2D eigenvalue weighted by molar-refractivity contribution is 6.07. The molecule has 0 aliphatic carbocycles. The average Bonchev–Trinajstić information content (AvgIpc) is 2.73. The molecule has 0 spiro atoms. The Balaban J connectivity index is 2.17. The van der Waals surface area contributed by atoms with E-state index >= 15 is 0 Å². The summed E-state index contributed by atoms with van der Waals surface area (Å²) in [4.78, 5) is 50.1. The number of carbonyl (C=O) groups is 2. The van der Waals surface area contributed by atoms with Gasteiger partial charge >= 0.3 is 34.9 Å². The largest absolute Gasteiger partial charge is 0.490 e. The molecule has 1 heterocycles. The summed E-state index contributed by atoms with van der Waals surface area (Å²) in [6.45, 7) is 1.86. The zero-order valence-corrected chi connectivity index (χ0v) is 15.6. The summed E-state index contributed by atoms with van der Waals surface area (Å²) < 4.78 is 45.1. The van der Waals surface area contributed by atoms with Crippen molar-refractivity contribution in [2.24, 2.45) is 0 Å². The predicted octanol–water partition coefficient (Wildman–Crippen LogP) is 4.74. The van der Waals surface area contributed by atoms with E-state index in [4.69, 9.17) is 4.74 Å². The molecule has 1 aliphatic rings. The van der Waals surface area contributed by atoms with E-state index in [1.807, 2.05) is 0 Å². The zero-order chi connectivity index (χ0) is 22.1. The molecule has 0 atom stereocenters. The Labute approximate surface area is 167 Å². The fourth-order valence-electron chi connectivity index (χ4n) is 2.87. The lowest BCUT2D eigenvalue weighted by Gasteiger charge is -2.10. The van der Waals surface area contributed by atoms with E-state index in [-0.39, 0.29) is 22.5 Å². The molecule has 0 amide bonds. The first-order valence-electron chi connectivity index (χ1n) is 8.83. The number of rotatable bonds is 5. The molecule has 30 heavy (non-hydrogen) atoms. The van der Waals surface area contributed by atoms with Gasteiger partial charge in [-0.1, -0.05) is 37.3 Å². The van der Waals surface area contributed by atoms with Crippen LogP contribution in [0.15, 0.2) is 59.9 Å². The molecule has 10 heteroatoms. The van der Waals surface area contributed by atoms with Gasteiger partial charge in [-0.3, -0.25) is 4.79 Å². The molecule has 0 radical (unpaired) electrons. The minimum Gasteiger partial charge on any atom is -0.462 e. The number of alkyl halides is 3. The van der Waals surface area contributed by atoms with E-state index in [2.05, 4.69) is 0 Å². The Bertz CT molecular complexity index is 1090. The number of fused-ring (bicyclic) bond motifs is 1.